The van der Waals surface area contributed by atoms with Gasteiger partial charge in [-0.3, -0.25) is 0 Å². The van der Waals surface area contributed by atoms with Crippen LogP contribution in [-0.4, -0.2) is 19.2 Å². The molecule has 3 rings (SSSR count). The summed E-state index contributed by atoms with van der Waals surface area (Å²) in [6.45, 7) is 0.841. The van der Waals surface area contributed by atoms with Crippen LogP contribution in [0.25, 0.3) is 0 Å². The highest BCUT2D eigenvalue weighted by molar-refractivity contribution is 5.42. The van der Waals surface area contributed by atoms with Crippen molar-refractivity contribution < 1.29 is 17.9 Å². The van der Waals surface area contributed by atoms with E-state index in [1.165, 1.54) is 17.7 Å². The van der Waals surface area contributed by atoms with Crippen LogP contribution in [0.3, 0.4) is 0 Å². The van der Waals surface area contributed by atoms with Crippen LogP contribution in [0.2, 0.25) is 0 Å². The number of alkyl halides is 3. The van der Waals surface area contributed by atoms with Crippen molar-refractivity contribution >= 4 is 0 Å². The van der Waals surface area contributed by atoms with E-state index in [4.69, 9.17) is 16.2 Å². The molecule has 0 fully saturated rings. The van der Waals surface area contributed by atoms with Gasteiger partial charge in [0.1, 0.15) is 12.4 Å². The van der Waals surface area contributed by atoms with E-state index in [1.54, 1.807) is 6.07 Å². The second-order valence-corrected chi connectivity index (χ2v) is 6.71. The Kier molecular flexibility index (Phi) is 5.53. The Morgan fingerprint density at radius 2 is 1.92 bits per heavy atom. The van der Waals surface area contributed by atoms with Crippen LogP contribution < -0.4 is 16.2 Å². The smallest absolute Gasteiger partial charge is 0.416 e. The fourth-order valence-corrected chi connectivity index (χ4v) is 3.56. The van der Waals surface area contributed by atoms with E-state index >= 15 is 0 Å². The predicted molar refractivity (Wildman–Crippen MR) is 95.2 cm³/mol. The van der Waals surface area contributed by atoms with E-state index in [0.29, 0.717) is 25.1 Å². The molecular formula is C20H23F3N2O. The van der Waals surface area contributed by atoms with Crippen molar-refractivity contribution in [3.63, 3.8) is 0 Å². The van der Waals surface area contributed by atoms with Gasteiger partial charge < -0.3 is 16.2 Å². The first kappa shape index (κ1) is 18.7. The lowest BCUT2D eigenvalue weighted by Crippen LogP contribution is -2.34. The third kappa shape index (κ3) is 4.19. The second-order valence-electron chi connectivity index (χ2n) is 6.71. The minimum Gasteiger partial charge on any atom is -0.492 e. The molecule has 2 atom stereocenters. The predicted octanol–water partition coefficient (Wildman–Crippen LogP) is 3.64. The van der Waals surface area contributed by atoms with E-state index in [9.17, 15) is 13.2 Å². The van der Waals surface area contributed by atoms with E-state index < -0.39 is 11.7 Å². The number of benzene rings is 2. The normalized spacial score (nSPS) is 19.9. The van der Waals surface area contributed by atoms with Gasteiger partial charge in [-0.25, -0.2) is 0 Å². The summed E-state index contributed by atoms with van der Waals surface area (Å²) in [7, 11) is 0. The fraction of sp³-hybridized carbons (Fsp3) is 0.400. The standard InChI is InChI=1S/C20H23F3N2O/c21-20(22,23)15-3-1-2-13(10-15)11-18-17-12-16(26-9-8-24)6-4-14(17)5-7-19(18)25/h1-4,6,10,12,18-19H,5,7-9,11,24-25H2. The zero-order valence-electron chi connectivity index (χ0n) is 14.4. The monoisotopic (exact) mass is 364 g/mol. The number of ether oxygens (including phenoxy) is 1. The van der Waals surface area contributed by atoms with Gasteiger partial charge in [0.25, 0.3) is 0 Å². The molecular weight excluding hydrogens is 341 g/mol. The Bertz CT molecular complexity index is 761. The van der Waals surface area contributed by atoms with Gasteiger partial charge in [0, 0.05) is 18.5 Å². The Labute approximate surface area is 151 Å². The molecule has 0 saturated heterocycles. The molecule has 4 N–H and O–H groups in total. The summed E-state index contributed by atoms with van der Waals surface area (Å²) in [5.41, 5.74) is 14.1. The highest BCUT2D eigenvalue weighted by Crippen LogP contribution is 2.37. The van der Waals surface area contributed by atoms with Crippen molar-refractivity contribution in [2.45, 2.75) is 37.4 Å². The number of rotatable bonds is 5. The summed E-state index contributed by atoms with van der Waals surface area (Å²) in [5, 5.41) is 0. The van der Waals surface area contributed by atoms with Crippen molar-refractivity contribution in [1.29, 1.82) is 0 Å². The van der Waals surface area contributed by atoms with Gasteiger partial charge in [-0.05, 0) is 54.2 Å². The summed E-state index contributed by atoms with van der Waals surface area (Å²) in [5.74, 6) is 0.681. The van der Waals surface area contributed by atoms with E-state index in [1.807, 2.05) is 18.2 Å². The van der Waals surface area contributed by atoms with Crippen LogP contribution in [0.4, 0.5) is 13.2 Å². The van der Waals surface area contributed by atoms with Gasteiger partial charge in [-0.1, -0.05) is 24.3 Å². The van der Waals surface area contributed by atoms with Crippen LogP contribution in [-0.2, 0) is 19.0 Å². The molecule has 0 amide bonds. The first-order valence-corrected chi connectivity index (χ1v) is 8.76. The maximum Gasteiger partial charge on any atom is 0.416 e. The molecule has 1 aliphatic rings. The van der Waals surface area contributed by atoms with Gasteiger partial charge in [-0.2, -0.15) is 13.2 Å². The molecule has 3 nitrogen and oxygen atoms in total. The summed E-state index contributed by atoms with van der Waals surface area (Å²) in [4.78, 5) is 0. The largest absolute Gasteiger partial charge is 0.492 e. The molecule has 0 spiro atoms. The Morgan fingerprint density at radius 3 is 2.65 bits per heavy atom. The van der Waals surface area contributed by atoms with Crippen LogP contribution in [0.1, 0.15) is 34.6 Å². The molecule has 140 valence electrons. The summed E-state index contributed by atoms with van der Waals surface area (Å²) < 4.78 is 44.6. The maximum absolute atomic E-state index is 13.0. The van der Waals surface area contributed by atoms with Crippen molar-refractivity contribution in [3.05, 3.63) is 64.7 Å². The zero-order valence-corrected chi connectivity index (χ0v) is 14.4. The van der Waals surface area contributed by atoms with Gasteiger partial charge in [0.2, 0.25) is 0 Å². The molecule has 0 bridgehead atoms. The molecule has 2 aromatic rings. The van der Waals surface area contributed by atoms with Gasteiger partial charge >= 0.3 is 6.18 Å². The molecule has 6 heteroatoms. The lowest BCUT2D eigenvalue weighted by Gasteiger charge is -2.32. The highest BCUT2D eigenvalue weighted by Gasteiger charge is 2.32. The molecule has 2 aromatic carbocycles. The van der Waals surface area contributed by atoms with Gasteiger partial charge in [0.15, 0.2) is 0 Å². The molecule has 2 unspecified atom stereocenters. The molecule has 26 heavy (non-hydrogen) atoms. The van der Waals surface area contributed by atoms with Crippen molar-refractivity contribution in [3.8, 4) is 5.75 Å². The number of aryl methyl sites for hydroxylation is 1. The van der Waals surface area contributed by atoms with E-state index in [2.05, 4.69) is 0 Å². The Morgan fingerprint density at radius 1 is 1.12 bits per heavy atom. The number of halogens is 3. The molecule has 0 saturated carbocycles. The summed E-state index contributed by atoms with van der Waals surface area (Å²) >= 11 is 0. The topological polar surface area (TPSA) is 61.3 Å². The Hall–Kier alpha value is -2.05. The zero-order chi connectivity index (χ0) is 18.7. The van der Waals surface area contributed by atoms with Crippen LogP contribution >= 0.6 is 0 Å². The van der Waals surface area contributed by atoms with Gasteiger partial charge in [0.05, 0.1) is 5.56 Å². The lowest BCUT2D eigenvalue weighted by molar-refractivity contribution is -0.137. The average Bonchev–Trinajstić information content (AvgIpc) is 2.62. The molecule has 0 aliphatic heterocycles. The average molecular weight is 364 g/mol. The number of hydrogen-bond acceptors (Lipinski definition) is 3. The quantitative estimate of drug-likeness (QED) is 0.851. The van der Waals surface area contributed by atoms with Crippen LogP contribution in [0, 0.1) is 0 Å². The van der Waals surface area contributed by atoms with E-state index in [0.717, 1.165) is 30.2 Å². The first-order valence-electron chi connectivity index (χ1n) is 8.76. The van der Waals surface area contributed by atoms with Crippen molar-refractivity contribution in [2.75, 3.05) is 13.2 Å². The summed E-state index contributed by atoms with van der Waals surface area (Å²) in [6, 6.07) is 11.3. The third-order valence-electron chi connectivity index (χ3n) is 4.88. The first-order chi connectivity index (χ1) is 12.4. The molecule has 0 radical (unpaired) electrons. The van der Waals surface area contributed by atoms with Crippen LogP contribution in [0.5, 0.6) is 5.75 Å². The van der Waals surface area contributed by atoms with Gasteiger partial charge in [-0.15, -0.1) is 0 Å². The number of fused-ring (bicyclic) bond motifs is 1. The molecule has 1 aliphatic carbocycles. The highest BCUT2D eigenvalue weighted by atomic mass is 19.4. The number of hydrogen-bond donors (Lipinski definition) is 2. The molecule has 0 aromatic heterocycles. The third-order valence-corrected chi connectivity index (χ3v) is 4.88. The molecule has 0 heterocycles. The second kappa shape index (κ2) is 7.68. The van der Waals surface area contributed by atoms with Crippen LogP contribution in [0.15, 0.2) is 42.5 Å². The Balaban J connectivity index is 1.88. The minimum absolute atomic E-state index is 0.0383. The minimum atomic E-state index is -4.34. The fourth-order valence-electron chi connectivity index (χ4n) is 3.56. The summed E-state index contributed by atoms with van der Waals surface area (Å²) in [6.07, 6.45) is -2.18. The van der Waals surface area contributed by atoms with Crippen molar-refractivity contribution in [1.82, 2.24) is 0 Å². The lowest BCUT2D eigenvalue weighted by atomic mass is 9.76. The van der Waals surface area contributed by atoms with E-state index in [-0.39, 0.29) is 12.0 Å². The SMILES string of the molecule is NCCOc1ccc2c(c1)C(Cc1cccc(C(F)(F)F)c1)C(N)CC2. The number of nitrogens with two attached hydrogens (primary N) is 2. The maximum atomic E-state index is 13.0. The van der Waals surface area contributed by atoms with Crippen molar-refractivity contribution in [2.24, 2.45) is 11.5 Å².